The maximum absolute atomic E-state index is 11.9. The third-order valence-electron chi connectivity index (χ3n) is 6.56. The van der Waals surface area contributed by atoms with Crippen molar-refractivity contribution in [1.29, 1.82) is 0 Å². The minimum atomic E-state index is -3.89. The van der Waals surface area contributed by atoms with Crippen LogP contribution >= 0.6 is 7.82 Å². The minimum Gasteiger partial charge on any atom is -0.327 e. The molecular formula is C26H57NO4P+. The molecule has 0 aliphatic rings. The van der Waals surface area contributed by atoms with Gasteiger partial charge in [0.15, 0.2) is 0 Å². The molecule has 1 atom stereocenters. The van der Waals surface area contributed by atoms with E-state index in [0.717, 1.165) is 23.9 Å². The third-order valence-corrected chi connectivity index (χ3v) is 7.58. The molecule has 1 unspecified atom stereocenters. The molecule has 32 heavy (non-hydrogen) atoms. The zero-order chi connectivity index (χ0) is 24.0. The van der Waals surface area contributed by atoms with Crippen LogP contribution in [0.15, 0.2) is 0 Å². The standard InChI is InChI=1S/C26H56NO4P/c1-5-7-8-9-10-11-12-13-14-15-16-17-18-19-20-21-22-23-25-30-32(28,29)31-26-24-27(3,4)6-2/h5-26H2,1-4H3/p+1. The van der Waals surface area contributed by atoms with E-state index in [-0.39, 0.29) is 6.61 Å². The molecule has 0 rings (SSSR count). The summed E-state index contributed by atoms with van der Waals surface area (Å²) in [5.74, 6) is 0. The van der Waals surface area contributed by atoms with Crippen LogP contribution in [0.5, 0.6) is 0 Å². The molecule has 6 heteroatoms. The summed E-state index contributed by atoms with van der Waals surface area (Å²) in [6, 6.07) is 0. The lowest BCUT2D eigenvalue weighted by atomic mass is 10.0. The number of hydrogen-bond donors (Lipinski definition) is 1. The Morgan fingerprint density at radius 1 is 0.594 bits per heavy atom. The summed E-state index contributed by atoms with van der Waals surface area (Å²) in [6.45, 7) is 6.57. The summed E-state index contributed by atoms with van der Waals surface area (Å²) in [5, 5.41) is 0. The van der Waals surface area contributed by atoms with E-state index in [1.807, 2.05) is 0 Å². The van der Waals surface area contributed by atoms with Crippen LogP contribution in [0.1, 0.15) is 129 Å². The van der Waals surface area contributed by atoms with Gasteiger partial charge in [-0.15, -0.1) is 0 Å². The van der Waals surface area contributed by atoms with E-state index in [1.54, 1.807) is 0 Å². The highest BCUT2D eigenvalue weighted by Gasteiger charge is 2.22. The fraction of sp³-hybridized carbons (Fsp3) is 1.00. The van der Waals surface area contributed by atoms with Crippen LogP contribution in [0.4, 0.5) is 0 Å². The molecule has 1 N–H and O–H groups in total. The number of rotatable bonds is 25. The normalized spacial score (nSPS) is 14.0. The van der Waals surface area contributed by atoms with Gasteiger partial charge in [0.05, 0.1) is 27.2 Å². The molecule has 0 saturated heterocycles. The average molecular weight is 479 g/mol. The average Bonchev–Trinajstić information content (AvgIpc) is 2.75. The Bertz CT molecular complexity index is 446. The monoisotopic (exact) mass is 478 g/mol. The summed E-state index contributed by atoms with van der Waals surface area (Å²) in [6.07, 6.45) is 23.9. The molecule has 194 valence electrons. The molecule has 0 spiro atoms. The Labute approximate surface area is 200 Å². The Morgan fingerprint density at radius 2 is 0.938 bits per heavy atom. The summed E-state index contributed by atoms with van der Waals surface area (Å²) in [7, 11) is 0.256. The topological polar surface area (TPSA) is 55.8 Å². The first-order valence-corrected chi connectivity index (χ1v) is 15.3. The van der Waals surface area contributed by atoms with Gasteiger partial charge in [-0.1, -0.05) is 116 Å². The van der Waals surface area contributed by atoms with E-state index >= 15 is 0 Å². The van der Waals surface area contributed by atoms with Gasteiger partial charge in [-0.3, -0.25) is 9.05 Å². The molecule has 0 heterocycles. The highest BCUT2D eigenvalue weighted by molar-refractivity contribution is 7.47. The van der Waals surface area contributed by atoms with Gasteiger partial charge >= 0.3 is 7.82 Å². The number of unbranched alkanes of at least 4 members (excludes halogenated alkanes) is 17. The molecule has 0 aliphatic heterocycles. The van der Waals surface area contributed by atoms with E-state index in [9.17, 15) is 9.46 Å². The van der Waals surface area contributed by atoms with Crippen LogP contribution in [0.2, 0.25) is 0 Å². The van der Waals surface area contributed by atoms with Crippen molar-refractivity contribution in [3.05, 3.63) is 0 Å². The van der Waals surface area contributed by atoms with Gasteiger partial charge in [-0.25, -0.2) is 4.57 Å². The lowest BCUT2D eigenvalue weighted by Gasteiger charge is -2.28. The number of hydrogen-bond acceptors (Lipinski definition) is 3. The largest absolute Gasteiger partial charge is 0.472 e. The fourth-order valence-electron chi connectivity index (χ4n) is 3.78. The van der Waals surface area contributed by atoms with E-state index in [1.165, 1.54) is 103 Å². The van der Waals surface area contributed by atoms with Crippen molar-refractivity contribution in [2.75, 3.05) is 40.4 Å². The predicted octanol–water partition coefficient (Wildman–Crippen LogP) is 8.26. The van der Waals surface area contributed by atoms with Crippen LogP contribution in [0.25, 0.3) is 0 Å². The van der Waals surface area contributed by atoms with E-state index in [2.05, 4.69) is 27.9 Å². The van der Waals surface area contributed by atoms with Crippen molar-refractivity contribution in [2.24, 2.45) is 0 Å². The molecule has 0 bridgehead atoms. The maximum Gasteiger partial charge on any atom is 0.472 e. The first-order chi connectivity index (χ1) is 15.3. The molecule has 0 radical (unpaired) electrons. The van der Waals surface area contributed by atoms with Gasteiger partial charge in [0.25, 0.3) is 0 Å². The number of likely N-dealkylation sites (N-methyl/N-ethyl adjacent to an activating group) is 1. The second-order valence-electron chi connectivity index (χ2n) is 10.1. The number of nitrogens with zero attached hydrogens (tertiary/aromatic N) is 1. The summed E-state index contributed by atoms with van der Waals surface area (Å²) >= 11 is 0. The van der Waals surface area contributed by atoms with E-state index < -0.39 is 7.82 Å². The quantitative estimate of drug-likeness (QED) is 0.0815. The molecule has 0 fully saturated rings. The fourth-order valence-corrected chi connectivity index (χ4v) is 4.53. The molecule has 0 amide bonds. The van der Waals surface area contributed by atoms with E-state index in [4.69, 9.17) is 9.05 Å². The second-order valence-corrected chi connectivity index (χ2v) is 11.6. The van der Waals surface area contributed by atoms with Crippen molar-refractivity contribution in [2.45, 2.75) is 129 Å². The molecule has 5 nitrogen and oxygen atoms in total. The van der Waals surface area contributed by atoms with Crippen LogP contribution in [0.3, 0.4) is 0 Å². The minimum absolute atomic E-state index is 0.244. The zero-order valence-corrected chi connectivity index (χ0v) is 23.0. The Hall–Kier alpha value is 0.0700. The SMILES string of the molecule is CCCCCCCCCCCCCCCCCCCCOP(=O)(O)OCC[N+](C)(C)CC. The third kappa shape index (κ3) is 23.2. The van der Waals surface area contributed by atoms with Crippen molar-refractivity contribution >= 4 is 7.82 Å². The lowest BCUT2D eigenvalue weighted by molar-refractivity contribution is -0.888. The first kappa shape index (κ1) is 32.1. The lowest BCUT2D eigenvalue weighted by Crippen LogP contribution is -2.41. The van der Waals surface area contributed by atoms with Crippen LogP contribution in [-0.2, 0) is 13.6 Å². The predicted molar refractivity (Wildman–Crippen MR) is 138 cm³/mol. The summed E-state index contributed by atoms with van der Waals surface area (Å²) in [5.41, 5.74) is 0. The van der Waals surface area contributed by atoms with Crippen LogP contribution in [-0.4, -0.2) is 49.8 Å². The van der Waals surface area contributed by atoms with Crippen molar-refractivity contribution in [3.8, 4) is 0 Å². The zero-order valence-electron chi connectivity index (χ0n) is 22.1. The molecular weight excluding hydrogens is 421 g/mol. The molecule has 0 aromatic rings. The first-order valence-electron chi connectivity index (χ1n) is 13.8. The molecule has 0 aromatic heterocycles. The summed E-state index contributed by atoms with van der Waals surface area (Å²) < 4.78 is 22.8. The van der Waals surface area contributed by atoms with E-state index in [0.29, 0.717) is 13.2 Å². The van der Waals surface area contributed by atoms with Gasteiger partial charge < -0.3 is 9.38 Å². The van der Waals surface area contributed by atoms with Crippen molar-refractivity contribution < 1.29 is 23.0 Å². The molecule has 0 aliphatic carbocycles. The Kier molecular flexibility index (Phi) is 21.6. The molecule has 0 aromatic carbocycles. The van der Waals surface area contributed by atoms with Gasteiger partial charge in [-0.2, -0.15) is 0 Å². The van der Waals surface area contributed by atoms with Crippen molar-refractivity contribution in [3.63, 3.8) is 0 Å². The Morgan fingerprint density at radius 3 is 1.31 bits per heavy atom. The number of phosphoric acid groups is 1. The smallest absolute Gasteiger partial charge is 0.327 e. The number of phosphoric ester groups is 1. The Balaban J connectivity index is 3.30. The summed E-state index contributed by atoms with van der Waals surface area (Å²) in [4.78, 5) is 9.73. The highest BCUT2D eigenvalue weighted by Crippen LogP contribution is 2.43. The molecule has 0 saturated carbocycles. The van der Waals surface area contributed by atoms with Crippen molar-refractivity contribution in [1.82, 2.24) is 0 Å². The highest BCUT2D eigenvalue weighted by atomic mass is 31.2. The maximum atomic E-state index is 11.9. The van der Waals surface area contributed by atoms with Gasteiger partial charge in [0, 0.05) is 0 Å². The van der Waals surface area contributed by atoms with Crippen LogP contribution in [0, 0.1) is 0 Å². The van der Waals surface area contributed by atoms with Gasteiger partial charge in [0.2, 0.25) is 0 Å². The second kappa shape index (κ2) is 21.6. The van der Waals surface area contributed by atoms with Crippen LogP contribution < -0.4 is 0 Å². The van der Waals surface area contributed by atoms with Gasteiger partial charge in [-0.05, 0) is 13.3 Å². The number of quaternary nitrogens is 1. The van der Waals surface area contributed by atoms with Gasteiger partial charge in [0.1, 0.15) is 13.2 Å².